The van der Waals surface area contributed by atoms with Crippen molar-refractivity contribution in [1.82, 2.24) is 0 Å². The number of hydrogen-bond acceptors (Lipinski definition) is 6. The number of hydrogen-bond donors (Lipinski definition) is 2. The number of thioether (sulfide) groups is 1. The minimum atomic E-state index is -1.24. The first-order valence-corrected chi connectivity index (χ1v) is 7.28. The molecular weight excluding hydrogens is 306 g/mol. The molecule has 0 spiro atoms. The summed E-state index contributed by atoms with van der Waals surface area (Å²) >= 11 is 0.709. The van der Waals surface area contributed by atoms with Crippen LogP contribution in [-0.4, -0.2) is 27.0 Å². The standard InChI is InChI=1S/C15H15NO5S/c1-15(2,11(16)12(17)18)22-14(20)9-7-8-5-3-4-6-10(8)21-13(9)19/h3-7,11H,16H2,1-2H3,(H,17,18)/t11-/m1/s1. The third-order valence-electron chi connectivity index (χ3n) is 3.23. The molecule has 0 aliphatic heterocycles. The Hall–Kier alpha value is -2.12. The first-order valence-electron chi connectivity index (χ1n) is 6.47. The highest BCUT2D eigenvalue weighted by Crippen LogP contribution is 2.30. The van der Waals surface area contributed by atoms with Crippen molar-refractivity contribution in [3.8, 4) is 0 Å². The molecule has 1 aromatic heterocycles. The van der Waals surface area contributed by atoms with Crippen LogP contribution in [0.25, 0.3) is 11.0 Å². The summed E-state index contributed by atoms with van der Waals surface area (Å²) in [5.74, 6) is -1.21. The van der Waals surface area contributed by atoms with Crippen LogP contribution in [0.4, 0.5) is 0 Å². The van der Waals surface area contributed by atoms with Crippen LogP contribution in [0, 0.1) is 0 Å². The molecule has 116 valence electrons. The minimum Gasteiger partial charge on any atom is -0.480 e. The zero-order chi connectivity index (χ0) is 16.5. The summed E-state index contributed by atoms with van der Waals surface area (Å²) in [4.78, 5) is 35.2. The largest absolute Gasteiger partial charge is 0.480 e. The van der Waals surface area contributed by atoms with Gasteiger partial charge in [0.1, 0.15) is 17.2 Å². The number of carbonyl (C=O) groups is 2. The lowest BCUT2D eigenvalue weighted by molar-refractivity contribution is -0.139. The van der Waals surface area contributed by atoms with E-state index >= 15 is 0 Å². The predicted octanol–water partition coefficient (Wildman–Crippen LogP) is 1.86. The molecule has 2 aromatic rings. The van der Waals surface area contributed by atoms with E-state index in [9.17, 15) is 14.4 Å². The first kappa shape index (κ1) is 16.3. The van der Waals surface area contributed by atoms with Gasteiger partial charge in [-0.3, -0.25) is 9.59 Å². The highest BCUT2D eigenvalue weighted by Gasteiger charge is 2.36. The lowest BCUT2D eigenvalue weighted by Crippen LogP contribution is -2.47. The maximum atomic E-state index is 12.3. The fourth-order valence-electron chi connectivity index (χ4n) is 1.86. The third kappa shape index (κ3) is 3.20. The lowest BCUT2D eigenvalue weighted by Gasteiger charge is -2.26. The Morgan fingerprint density at radius 2 is 1.95 bits per heavy atom. The molecule has 2 rings (SSSR count). The second-order valence-corrected chi connectivity index (χ2v) is 6.92. The average Bonchev–Trinajstić information content (AvgIpc) is 2.44. The van der Waals surface area contributed by atoms with Crippen LogP contribution in [0.2, 0.25) is 0 Å². The van der Waals surface area contributed by atoms with Crippen molar-refractivity contribution in [2.24, 2.45) is 5.73 Å². The van der Waals surface area contributed by atoms with Gasteiger partial charge in [0.2, 0.25) is 5.12 Å². The second kappa shape index (κ2) is 5.94. The molecule has 0 bridgehead atoms. The Kier molecular flexibility index (Phi) is 4.39. The second-order valence-electron chi connectivity index (χ2n) is 5.29. The molecule has 0 fully saturated rings. The van der Waals surface area contributed by atoms with Crippen LogP contribution in [0.15, 0.2) is 39.5 Å². The summed E-state index contributed by atoms with van der Waals surface area (Å²) in [6.45, 7) is 3.08. The van der Waals surface area contributed by atoms with Crippen LogP contribution in [0.3, 0.4) is 0 Å². The number of fused-ring (bicyclic) bond motifs is 1. The summed E-state index contributed by atoms with van der Waals surface area (Å²) in [7, 11) is 0. The van der Waals surface area contributed by atoms with Crippen LogP contribution in [0.1, 0.15) is 24.2 Å². The van der Waals surface area contributed by atoms with E-state index in [1.807, 2.05) is 0 Å². The van der Waals surface area contributed by atoms with Crippen LogP contribution in [-0.2, 0) is 4.79 Å². The van der Waals surface area contributed by atoms with Gasteiger partial charge in [-0.25, -0.2) is 4.79 Å². The van der Waals surface area contributed by atoms with Gasteiger partial charge in [-0.2, -0.15) is 0 Å². The van der Waals surface area contributed by atoms with Crippen molar-refractivity contribution in [2.45, 2.75) is 24.6 Å². The predicted molar refractivity (Wildman–Crippen MR) is 84.1 cm³/mol. The van der Waals surface area contributed by atoms with E-state index in [0.29, 0.717) is 22.7 Å². The van der Waals surface area contributed by atoms with Crippen molar-refractivity contribution in [3.63, 3.8) is 0 Å². The number of carboxylic acids is 1. The molecule has 0 amide bonds. The molecule has 0 aliphatic carbocycles. The summed E-state index contributed by atoms with van der Waals surface area (Å²) in [6, 6.07) is 7.02. The molecular formula is C15H15NO5S. The van der Waals surface area contributed by atoms with E-state index in [2.05, 4.69) is 0 Å². The fraction of sp³-hybridized carbons (Fsp3) is 0.267. The molecule has 0 saturated carbocycles. The van der Waals surface area contributed by atoms with Gasteiger partial charge >= 0.3 is 11.6 Å². The quantitative estimate of drug-likeness (QED) is 0.827. The lowest BCUT2D eigenvalue weighted by atomic mass is 10.1. The van der Waals surface area contributed by atoms with Gasteiger partial charge in [-0.05, 0) is 26.0 Å². The van der Waals surface area contributed by atoms with E-state index in [1.54, 1.807) is 24.3 Å². The van der Waals surface area contributed by atoms with Gasteiger partial charge in [-0.15, -0.1) is 0 Å². The molecule has 0 radical (unpaired) electrons. The van der Waals surface area contributed by atoms with Crippen molar-refractivity contribution < 1.29 is 19.1 Å². The summed E-state index contributed by atoms with van der Waals surface area (Å²) < 4.78 is 4.03. The summed E-state index contributed by atoms with van der Waals surface area (Å²) in [5, 5.41) is 9.02. The number of benzene rings is 1. The van der Waals surface area contributed by atoms with E-state index in [-0.39, 0.29) is 5.56 Å². The van der Waals surface area contributed by atoms with Crippen LogP contribution in [0.5, 0.6) is 0 Å². The van der Waals surface area contributed by atoms with Gasteiger partial charge in [0, 0.05) is 10.1 Å². The van der Waals surface area contributed by atoms with Gasteiger partial charge in [0.25, 0.3) is 0 Å². The van der Waals surface area contributed by atoms with E-state index in [4.69, 9.17) is 15.3 Å². The van der Waals surface area contributed by atoms with Crippen LogP contribution < -0.4 is 11.4 Å². The Balaban J connectivity index is 2.36. The van der Waals surface area contributed by atoms with E-state index in [0.717, 1.165) is 0 Å². The van der Waals surface area contributed by atoms with E-state index in [1.165, 1.54) is 19.9 Å². The smallest absolute Gasteiger partial charge is 0.348 e. The monoisotopic (exact) mass is 321 g/mol. The highest BCUT2D eigenvalue weighted by atomic mass is 32.2. The summed E-state index contributed by atoms with van der Waals surface area (Å²) in [6.07, 6.45) is 0. The van der Waals surface area contributed by atoms with Gasteiger partial charge < -0.3 is 15.3 Å². The zero-order valence-corrected chi connectivity index (χ0v) is 12.8. The van der Waals surface area contributed by atoms with Crippen molar-refractivity contribution >= 4 is 33.8 Å². The molecule has 22 heavy (non-hydrogen) atoms. The number of para-hydroxylation sites is 1. The fourth-order valence-corrected chi connectivity index (χ4v) is 2.82. The molecule has 6 nitrogen and oxygen atoms in total. The topological polar surface area (TPSA) is 111 Å². The van der Waals surface area contributed by atoms with Crippen molar-refractivity contribution in [3.05, 3.63) is 46.3 Å². The Bertz CT molecular complexity index is 796. The molecule has 1 atom stereocenters. The number of rotatable bonds is 4. The minimum absolute atomic E-state index is 0.130. The molecule has 3 N–H and O–H groups in total. The molecule has 0 saturated heterocycles. The Labute approximate surface area is 130 Å². The van der Waals surface area contributed by atoms with Gasteiger partial charge in [0.15, 0.2) is 0 Å². The Morgan fingerprint density at radius 3 is 2.59 bits per heavy atom. The average molecular weight is 321 g/mol. The normalized spacial score (nSPS) is 13.0. The highest BCUT2D eigenvalue weighted by molar-refractivity contribution is 8.15. The van der Waals surface area contributed by atoms with Crippen molar-refractivity contribution in [2.75, 3.05) is 0 Å². The Morgan fingerprint density at radius 1 is 1.32 bits per heavy atom. The van der Waals surface area contributed by atoms with Gasteiger partial charge in [-0.1, -0.05) is 30.0 Å². The number of carboxylic acid groups (broad SMARTS) is 1. The molecule has 1 aromatic carbocycles. The molecule has 0 unspecified atom stereocenters. The molecule has 1 heterocycles. The number of carbonyl (C=O) groups excluding carboxylic acids is 1. The molecule has 7 heteroatoms. The summed E-state index contributed by atoms with van der Waals surface area (Å²) in [5.41, 5.74) is 5.08. The zero-order valence-electron chi connectivity index (χ0n) is 12.0. The number of nitrogens with two attached hydrogens (primary N) is 1. The van der Waals surface area contributed by atoms with Gasteiger partial charge in [0.05, 0.1) is 0 Å². The van der Waals surface area contributed by atoms with Crippen molar-refractivity contribution in [1.29, 1.82) is 0 Å². The molecule has 0 aliphatic rings. The third-order valence-corrected chi connectivity index (χ3v) is 4.42. The first-order chi connectivity index (χ1) is 10.2. The number of aliphatic carboxylic acids is 1. The maximum absolute atomic E-state index is 12.3. The van der Waals surface area contributed by atoms with Crippen LogP contribution >= 0.6 is 11.8 Å². The van der Waals surface area contributed by atoms with E-state index < -0.39 is 27.5 Å². The SMILES string of the molecule is CC(C)(SC(=O)c1cc2ccccc2oc1=O)[C@H](N)C(=O)O. The maximum Gasteiger partial charge on any atom is 0.348 e.